The van der Waals surface area contributed by atoms with Crippen LogP contribution in [0, 0.1) is 13.8 Å². The fraction of sp³-hybridized carbons (Fsp3) is 0.583. The number of pyridine rings is 1. The van der Waals surface area contributed by atoms with Gasteiger partial charge in [0.2, 0.25) is 0 Å². The lowest BCUT2D eigenvalue weighted by atomic mass is 10.3. The molecule has 0 fully saturated rings. The van der Waals surface area contributed by atoms with Gasteiger partial charge in [0.15, 0.2) is 5.43 Å². The first kappa shape index (κ1) is 12.0. The monoisotopic (exact) mass is 208 g/mol. The fourth-order valence-corrected chi connectivity index (χ4v) is 1.71. The number of aryl methyl sites for hydroxylation is 2. The zero-order chi connectivity index (χ0) is 11.4. The third-order valence-electron chi connectivity index (χ3n) is 2.44. The summed E-state index contributed by atoms with van der Waals surface area (Å²) in [6.45, 7) is 10.1. The van der Waals surface area contributed by atoms with Gasteiger partial charge < -0.3 is 9.88 Å². The minimum absolute atomic E-state index is 0.0954. The van der Waals surface area contributed by atoms with Crippen molar-refractivity contribution in [1.29, 1.82) is 0 Å². The van der Waals surface area contributed by atoms with E-state index in [0.717, 1.165) is 24.5 Å². The van der Waals surface area contributed by atoms with Crippen LogP contribution in [0.3, 0.4) is 0 Å². The van der Waals surface area contributed by atoms with E-state index >= 15 is 0 Å². The first-order chi connectivity index (χ1) is 7.00. The van der Waals surface area contributed by atoms with Crippen LogP contribution in [0.4, 0.5) is 0 Å². The molecule has 0 bridgehead atoms. The SMILES string of the molecule is Cc1cc(=O)cc(C)n1CCNC(C)C. The Kier molecular flexibility index (Phi) is 4.09. The van der Waals surface area contributed by atoms with Gasteiger partial charge in [0.25, 0.3) is 0 Å². The zero-order valence-corrected chi connectivity index (χ0v) is 10.0. The number of hydrogen-bond donors (Lipinski definition) is 1. The summed E-state index contributed by atoms with van der Waals surface area (Å²) in [4.78, 5) is 11.2. The molecule has 84 valence electrons. The van der Waals surface area contributed by atoms with Gasteiger partial charge in [-0.3, -0.25) is 4.79 Å². The van der Waals surface area contributed by atoms with E-state index in [1.807, 2.05) is 13.8 Å². The second-order valence-electron chi connectivity index (χ2n) is 4.23. The summed E-state index contributed by atoms with van der Waals surface area (Å²) < 4.78 is 2.16. The van der Waals surface area contributed by atoms with Gasteiger partial charge in [0, 0.05) is 42.7 Å². The molecule has 0 spiro atoms. The predicted molar refractivity (Wildman–Crippen MR) is 63.3 cm³/mol. The molecule has 1 N–H and O–H groups in total. The number of nitrogens with zero attached hydrogens (tertiary/aromatic N) is 1. The van der Waals surface area contributed by atoms with Gasteiger partial charge >= 0.3 is 0 Å². The highest BCUT2D eigenvalue weighted by Crippen LogP contribution is 2.00. The summed E-state index contributed by atoms with van der Waals surface area (Å²) in [6, 6.07) is 3.87. The summed E-state index contributed by atoms with van der Waals surface area (Å²) in [7, 11) is 0. The van der Waals surface area contributed by atoms with Gasteiger partial charge in [-0.1, -0.05) is 13.8 Å². The third-order valence-corrected chi connectivity index (χ3v) is 2.44. The van der Waals surface area contributed by atoms with Gasteiger partial charge in [-0.25, -0.2) is 0 Å². The molecule has 0 aliphatic carbocycles. The van der Waals surface area contributed by atoms with Crippen LogP contribution in [0.5, 0.6) is 0 Å². The Bertz CT molecular complexity index is 353. The molecule has 3 nitrogen and oxygen atoms in total. The average molecular weight is 208 g/mol. The molecule has 0 amide bonds. The van der Waals surface area contributed by atoms with Crippen molar-refractivity contribution < 1.29 is 0 Å². The molecule has 1 aromatic rings. The lowest BCUT2D eigenvalue weighted by Crippen LogP contribution is -2.28. The van der Waals surface area contributed by atoms with Crippen molar-refractivity contribution in [3.63, 3.8) is 0 Å². The molecule has 0 unspecified atom stereocenters. The molecular formula is C12H20N2O. The summed E-state index contributed by atoms with van der Waals surface area (Å²) in [5.41, 5.74) is 2.16. The minimum Gasteiger partial charge on any atom is -0.348 e. The molecule has 0 radical (unpaired) electrons. The van der Waals surface area contributed by atoms with E-state index in [1.165, 1.54) is 0 Å². The third kappa shape index (κ3) is 3.51. The number of hydrogen-bond acceptors (Lipinski definition) is 2. The molecular weight excluding hydrogens is 188 g/mol. The van der Waals surface area contributed by atoms with Crippen LogP contribution in [0.25, 0.3) is 0 Å². The summed E-state index contributed by atoms with van der Waals surface area (Å²) >= 11 is 0. The maximum absolute atomic E-state index is 11.2. The Morgan fingerprint density at radius 3 is 2.27 bits per heavy atom. The van der Waals surface area contributed by atoms with Gasteiger partial charge in [-0.2, -0.15) is 0 Å². The highest BCUT2D eigenvalue weighted by atomic mass is 16.1. The standard InChI is InChI=1S/C12H20N2O/c1-9(2)13-5-6-14-10(3)7-12(15)8-11(14)4/h7-9,13H,5-6H2,1-4H3. The smallest absolute Gasteiger partial charge is 0.182 e. The van der Waals surface area contributed by atoms with Gasteiger partial charge in [0.05, 0.1) is 0 Å². The van der Waals surface area contributed by atoms with Crippen molar-refractivity contribution in [3.05, 3.63) is 33.7 Å². The molecule has 1 rings (SSSR count). The molecule has 0 atom stereocenters. The molecule has 15 heavy (non-hydrogen) atoms. The van der Waals surface area contributed by atoms with E-state index in [9.17, 15) is 4.79 Å². The molecule has 3 heteroatoms. The largest absolute Gasteiger partial charge is 0.348 e. The van der Waals surface area contributed by atoms with Crippen LogP contribution >= 0.6 is 0 Å². The maximum Gasteiger partial charge on any atom is 0.182 e. The predicted octanol–water partition coefficient (Wildman–Crippen LogP) is 1.46. The second kappa shape index (κ2) is 5.12. The summed E-state index contributed by atoms with van der Waals surface area (Å²) in [6.07, 6.45) is 0. The topological polar surface area (TPSA) is 34.0 Å². The number of aromatic nitrogens is 1. The van der Waals surface area contributed by atoms with E-state index < -0.39 is 0 Å². The van der Waals surface area contributed by atoms with Crippen LogP contribution in [0.1, 0.15) is 25.2 Å². The lowest BCUT2D eigenvalue weighted by Gasteiger charge is -2.15. The molecule has 0 aliphatic heterocycles. The van der Waals surface area contributed by atoms with Crippen molar-refractivity contribution >= 4 is 0 Å². The van der Waals surface area contributed by atoms with E-state index in [-0.39, 0.29) is 5.43 Å². The number of nitrogens with one attached hydrogen (secondary N) is 1. The van der Waals surface area contributed by atoms with Gasteiger partial charge in [-0.05, 0) is 13.8 Å². The number of rotatable bonds is 4. The first-order valence-corrected chi connectivity index (χ1v) is 5.42. The van der Waals surface area contributed by atoms with Crippen LogP contribution in [0.2, 0.25) is 0 Å². The maximum atomic E-state index is 11.2. The second-order valence-corrected chi connectivity index (χ2v) is 4.23. The first-order valence-electron chi connectivity index (χ1n) is 5.42. The molecule has 0 aromatic carbocycles. The lowest BCUT2D eigenvalue weighted by molar-refractivity contribution is 0.529. The van der Waals surface area contributed by atoms with E-state index in [4.69, 9.17) is 0 Å². The summed E-state index contributed by atoms with van der Waals surface area (Å²) in [5.74, 6) is 0. The van der Waals surface area contributed by atoms with Crippen molar-refractivity contribution in [1.82, 2.24) is 9.88 Å². The molecule has 0 aliphatic rings. The Morgan fingerprint density at radius 2 is 1.80 bits per heavy atom. The van der Waals surface area contributed by atoms with E-state index in [0.29, 0.717) is 6.04 Å². The van der Waals surface area contributed by atoms with Crippen LogP contribution in [-0.4, -0.2) is 17.2 Å². The van der Waals surface area contributed by atoms with E-state index in [1.54, 1.807) is 12.1 Å². The quantitative estimate of drug-likeness (QED) is 0.813. The highest BCUT2D eigenvalue weighted by molar-refractivity contribution is 5.12. The molecule has 1 heterocycles. The Morgan fingerprint density at radius 1 is 1.27 bits per heavy atom. The Labute approximate surface area is 91.1 Å². The normalized spacial score (nSPS) is 11.0. The molecule has 0 saturated heterocycles. The highest BCUT2D eigenvalue weighted by Gasteiger charge is 2.01. The van der Waals surface area contributed by atoms with Gasteiger partial charge in [-0.15, -0.1) is 0 Å². The summed E-state index contributed by atoms with van der Waals surface area (Å²) in [5, 5.41) is 3.36. The fourth-order valence-electron chi connectivity index (χ4n) is 1.71. The van der Waals surface area contributed by atoms with Crippen molar-refractivity contribution in [2.75, 3.05) is 6.54 Å². The zero-order valence-electron chi connectivity index (χ0n) is 10.0. The van der Waals surface area contributed by atoms with E-state index in [2.05, 4.69) is 23.7 Å². The van der Waals surface area contributed by atoms with Crippen molar-refractivity contribution in [2.24, 2.45) is 0 Å². The Hall–Kier alpha value is -1.09. The van der Waals surface area contributed by atoms with Gasteiger partial charge in [0.1, 0.15) is 0 Å². The van der Waals surface area contributed by atoms with Crippen LogP contribution in [0.15, 0.2) is 16.9 Å². The van der Waals surface area contributed by atoms with Crippen LogP contribution < -0.4 is 10.7 Å². The Balaban J connectivity index is 2.73. The van der Waals surface area contributed by atoms with Crippen molar-refractivity contribution in [2.45, 2.75) is 40.3 Å². The van der Waals surface area contributed by atoms with Crippen LogP contribution in [-0.2, 0) is 6.54 Å². The molecule has 0 saturated carbocycles. The average Bonchev–Trinajstić information content (AvgIpc) is 2.08. The van der Waals surface area contributed by atoms with Crippen molar-refractivity contribution in [3.8, 4) is 0 Å². The minimum atomic E-state index is 0.0954. The molecule has 1 aromatic heterocycles.